The minimum absolute atomic E-state index is 0.966. The van der Waals surface area contributed by atoms with E-state index in [1.807, 2.05) is 36.5 Å². The summed E-state index contributed by atoms with van der Waals surface area (Å²) in [5, 5.41) is 2.06. The molecule has 0 spiro atoms. The summed E-state index contributed by atoms with van der Waals surface area (Å²) in [5.74, 6) is 2.15. The van der Waals surface area contributed by atoms with Gasteiger partial charge in [0.25, 0.3) is 5.82 Å². The van der Waals surface area contributed by atoms with E-state index >= 15 is 0 Å². The van der Waals surface area contributed by atoms with Gasteiger partial charge in [-0.2, -0.15) is 0 Å². The van der Waals surface area contributed by atoms with Crippen molar-refractivity contribution in [2.45, 2.75) is 0 Å². The van der Waals surface area contributed by atoms with Crippen LogP contribution in [0.25, 0.3) is 0 Å². The molecule has 0 aliphatic carbocycles. The van der Waals surface area contributed by atoms with Gasteiger partial charge in [-0.25, -0.2) is 4.98 Å². The minimum Gasteiger partial charge on any atom is -0.214 e. The zero-order valence-electron chi connectivity index (χ0n) is 6.96. The molecule has 0 aromatic carbocycles. The fourth-order valence-electron chi connectivity index (χ4n) is 1.44. The van der Waals surface area contributed by atoms with E-state index < -0.39 is 0 Å². The summed E-state index contributed by atoms with van der Waals surface area (Å²) in [6.07, 6.45) is 3.82. The van der Waals surface area contributed by atoms with Gasteiger partial charge in [0.1, 0.15) is 6.20 Å². The molecular weight excluding hydrogens is 162 g/mol. The van der Waals surface area contributed by atoms with Crippen LogP contribution in [0, 0.1) is 0 Å². The molecule has 0 unspecified atom stereocenters. The molecule has 3 nitrogen and oxygen atoms in total. The molecule has 0 fully saturated rings. The van der Waals surface area contributed by atoms with E-state index in [4.69, 9.17) is 0 Å². The van der Waals surface area contributed by atoms with Crippen LogP contribution in [0.3, 0.4) is 0 Å². The highest BCUT2D eigenvalue weighted by atomic mass is 15.7. The number of hydrogen-bond acceptors (Lipinski definition) is 2. The molecule has 3 rings (SSSR count). The van der Waals surface area contributed by atoms with E-state index in [0.717, 1.165) is 5.82 Å². The van der Waals surface area contributed by atoms with Crippen molar-refractivity contribution in [1.82, 2.24) is 4.98 Å². The van der Waals surface area contributed by atoms with Crippen LogP contribution >= 0.6 is 0 Å². The third-order valence-electron chi connectivity index (χ3n) is 2.08. The smallest absolute Gasteiger partial charge is 0.214 e. The SMILES string of the molecule is c1ccc(N2c3cccc[n+]32)nc1. The lowest BCUT2D eigenvalue weighted by Crippen LogP contribution is -2.23. The molecule has 0 amide bonds. The molecule has 0 bridgehead atoms. The van der Waals surface area contributed by atoms with Gasteiger partial charge >= 0.3 is 5.82 Å². The second kappa shape index (κ2) is 2.29. The van der Waals surface area contributed by atoms with Gasteiger partial charge in [0, 0.05) is 18.3 Å². The Morgan fingerprint density at radius 3 is 2.69 bits per heavy atom. The summed E-state index contributed by atoms with van der Waals surface area (Å²) in [4.78, 5) is 4.26. The maximum Gasteiger partial charge on any atom is 0.365 e. The minimum atomic E-state index is 0.966. The lowest BCUT2D eigenvalue weighted by Gasteiger charge is -1.87. The van der Waals surface area contributed by atoms with E-state index in [2.05, 4.69) is 20.7 Å². The van der Waals surface area contributed by atoms with Gasteiger partial charge in [0.15, 0.2) is 0 Å². The van der Waals surface area contributed by atoms with Crippen molar-refractivity contribution < 1.29 is 4.68 Å². The largest absolute Gasteiger partial charge is 0.365 e. The topological polar surface area (TPSA) is 19.8 Å². The van der Waals surface area contributed by atoms with Crippen LogP contribution in [0.2, 0.25) is 0 Å². The number of aromatic nitrogens is 2. The van der Waals surface area contributed by atoms with Gasteiger partial charge in [0.05, 0.1) is 0 Å². The van der Waals surface area contributed by atoms with Crippen molar-refractivity contribution in [2.75, 3.05) is 5.01 Å². The van der Waals surface area contributed by atoms with Crippen molar-refractivity contribution in [3.63, 3.8) is 0 Å². The quantitative estimate of drug-likeness (QED) is 0.405. The molecule has 62 valence electrons. The number of fused-ring (bicyclic) bond motifs is 1. The van der Waals surface area contributed by atoms with Gasteiger partial charge in [0.2, 0.25) is 0 Å². The fraction of sp³-hybridized carbons (Fsp3) is 0. The third kappa shape index (κ3) is 0.902. The van der Waals surface area contributed by atoms with E-state index in [0.29, 0.717) is 0 Å². The monoisotopic (exact) mass is 170 g/mol. The first kappa shape index (κ1) is 6.60. The Labute approximate surface area is 75.9 Å². The number of rotatable bonds is 1. The first-order chi connectivity index (χ1) is 6.47. The second-order valence-electron chi connectivity index (χ2n) is 2.90. The Hall–Kier alpha value is -1.90. The maximum atomic E-state index is 4.26. The van der Waals surface area contributed by atoms with Gasteiger partial charge in [-0.05, 0) is 21.8 Å². The number of nitrogens with zero attached hydrogens (tertiary/aromatic N) is 3. The van der Waals surface area contributed by atoms with Crippen molar-refractivity contribution in [3.8, 4) is 0 Å². The maximum absolute atomic E-state index is 4.26. The average molecular weight is 170 g/mol. The van der Waals surface area contributed by atoms with Gasteiger partial charge in [-0.15, -0.1) is 0 Å². The number of pyridine rings is 2. The Morgan fingerprint density at radius 2 is 2.00 bits per heavy atom. The molecule has 0 atom stereocenters. The highest BCUT2D eigenvalue weighted by Gasteiger charge is 2.44. The Kier molecular flexibility index (Phi) is 1.16. The van der Waals surface area contributed by atoms with Gasteiger partial charge < -0.3 is 0 Å². The molecule has 0 saturated carbocycles. The van der Waals surface area contributed by atoms with Crippen molar-refractivity contribution in [2.24, 2.45) is 0 Å². The summed E-state index contributed by atoms with van der Waals surface area (Å²) in [5.41, 5.74) is 0. The predicted molar refractivity (Wildman–Crippen MR) is 48.4 cm³/mol. The first-order valence-corrected chi connectivity index (χ1v) is 4.19. The lowest BCUT2D eigenvalue weighted by molar-refractivity contribution is -0.558. The molecule has 1 aliphatic rings. The zero-order valence-corrected chi connectivity index (χ0v) is 6.96. The van der Waals surface area contributed by atoms with Crippen LogP contribution in [0.15, 0.2) is 48.8 Å². The van der Waals surface area contributed by atoms with Crippen LogP contribution in [-0.2, 0) is 0 Å². The summed E-state index contributed by atoms with van der Waals surface area (Å²) < 4.78 is 2.06. The second-order valence-corrected chi connectivity index (χ2v) is 2.90. The van der Waals surface area contributed by atoms with E-state index in [1.54, 1.807) is 6.20 Å². The lowest BCUT2D eigenvalue weighted by atomic mass is 10.4. The Morgan fingerprint density at radius 1 is 1.08 bits per heavy atom. The van der Waals surface area contributed by atoms with Crippen LogP contribution in [0.1, 0.15) is 0 Å². The van der Waals surface area contributed by atoms with Crippen molar-refractivity contribution >= 4 is 11.6 Å². The number of hydrogen-bond donors (Lipinski definition) is 0. The third-order valence-corrected chi connectivity index (χ3v) is 2.08. The molecule has 3 heteroatoms. The van der Waals surface area contributed by atoms with E-state index in [9.17, 15) is 0 Å². The molecule has 3 heterocycles. The molecule has 1 aliphatic heterocycles. The van der Waals surface area contributed by atoms with Crippen LogP contribution in [0.4, 0.5) is 11.6 Å². The normalized spacial score (nSPS) is 12.5. The van der Waals surface area contributed by atoms with Gasteiger partial charge in [-0.3, -0.25) is 0 Å². The summed E-state index contributed by atoms with van der Waals surface area (Å²) in [7, 11) is 0. The molecule has 13 heavy (non-hydrogen) atoms. The highest BCUT2D eigenvalue weighted by molar-refractivity contribution is 5.55. The molecule has 0 radical (unpaired) electrons. The zero-order chi connectivity index (χ0) is 8.67. The van der Waals surface area contributed by atoms with Crippen molar-refractivity contribution in [3.05, 3.63) is 48.8 Å². The van der Waals surface area contributed by atoms with Crippen molar-refractivity contribution in [1.29, 1.82) is 0 Å². The number of anilines is 2. The standard InChI is InChI=1S/C10H8N3/c1-3-7-11-9(5-1)13-10-6-2-4-8-12(10)13/h1-8H/q+1. The summed E-state index contributed by atoms with van der Waals surface area (Å²) in [6, 6.07) is 12.0. The molecule has 0 saturated heterocycles. The first-order valence-electron chi connectivity index (χ1n) is 4.19. The Balaban J connectivity index is 2.02. The van der Waals surface area contributed by atoms with Crippen LogP contribution in [0.5, 0.6) is 0 Å². The molecule has 2 aromatic rings. The highest BCUT2D eigenvalue weighted by Crippen LogP contribution is 2.26. The average Bonchev–Trinajstić information content (AvgIpc) is 2.93. The van der Waals surface area contributed by atoms with E-state index in [1.165, 1.54) is 5.82 Å². The molecular formula is C10H8N3+. The van der Waals surface area contributed by atoms with Crippen LogP contribution in [-0.4, -0.2) is 4.98 Å². The fourth-order valence-corrected chi connectivity index (χ4v) is 1.44. The predicted octanol–water partition coefficient (Wildman–Crippen LogP) is 1.28. The van der Waals surface area contributed by atoms with Gasteiger partial charge in [-0.1, -0.05) is 12.1 Å². The summed E-state index contributed by atoms with van der Waals surface area (Å²) in [6.45, 7) is 0. The molecule has 2 aromatic heterocycles. The Bertz CT molecular complexity index is 416. The van der Waals surface area contributed by atoms with Crippen LogP contribution < -0.4 is 9.69 Å². The van der Waals surface area contributed by atoms with E-state index in [-0.39, 0.29) is 0 Å². The summed E-state index contributed by atoms with van der Waals surface area (Å²) >= 11 is 0. The molecule has 0 N–H and O–H groups in total.